The summed E-state index contributed by atoms with van der Waals surface area (Å²) in [6.45, 7) is 0.696. The first-order chi connectivity index (χ1) is 12.7. The number of hydrogen-bond donors (Lipinski definition) is 0. The van der Waals surface area contributed by atoms with E-state index in [1.807, 2.05) is 29.9 Å². The number of nitrogens with zero attached hydrogens (tertiary/aromatic N) is 3. The van der Waals surface area contributed by atoms with Gasteiger partial charge in [-0.3, -0.25) is 9.48 Å². The van der Waals surface area contributed by atoms with Gasteiger partial charge in [0.2, 0.25) is 5.91 Å². The molecule has 0 bridgehead atoms. The second kappa shape index (κ2) is 7.65. The van der Waals surface area contributed by atoms with Gasteiger partial charge in [-0.05, 0) is 49.7 Å². The van der Waals surface area contributed by atoms with Crippen LogP contribution in [0.25, 0.3) is 0 Å². The summed E-state index contributed by atoms with van der Waals surface area (Å²) in [6.07, 6.45) is 9.66. The first-order valence-electron chi connectivity index (χ1n) is 10.1. The van der Waals surface area contributed by atoms with Crippen molar-refractivity contribution in [3.8, 4) is 0 Å². The number of hydrogen-bond acceptors (Lipinski definition) is 2. The molecule has 4 rings (SSSR count). The maximum atomic E-state index is 13.1. The Kier molecular flexibility index (Phi) is 5.09. The second-order valence-corrected chi connectivity index (χ2v) is 7.79. The lowest BCUT2D eigenvalue weighted by Crippen LogP contribution is -2.38. The molecule has 0 saturated heterocycles. The zero-order valence-electron chi connectivity index (χ0n) is 15.8. The van der Waals surface area contributed by atoms with Gasteiger partial charge in [-0.1, -0.05) is 43.2 Å². The quantitative estimate of drug-likeness (QED) is 0.794. The number of amides is 1. The molecule has 2 aliphatic rings. The normalized spacial score (nSPS) is 16.8. The van der Waals surface area contributed by atoms with E-state index in [1.165, 1.54) is 36.1 Å². The van der Waals surface area contributed by atoms with Crippen LogP contribution in [0.1, 0.15) is 61.0 Å². The molecule has 0 radical (unpaired) electrons. The van der Waals surface area contributed by atoms with E-state index in [1.54, 1.807) is 0 Å². The number of aryl methyl sites for hydroxylation is 2. The molecule has 4 heteroatoms. The summed E-state index contributed by atoms with van der Waals surface area (Å²) in [4.78, 5) is 15.3. The summed E-state index contributed by atoms with van der Waals surface area (Å²) in [5.41, 5.74) is 5.17. The first kappa shape index (κ1) is 17.3. The Balaban J connectivity index is 1.49. The van der Waals surface area contributed by atoms with E-state index in [2.05, 4.69) is 17.0 Å². The second-order valence-electron chi connectivity index (χ2n) is 7.79. The fraction of sp³-hybridized carbons (Fsp3) is 0.545. The van der Waals surface area contributed by atoms with Crippen LogP contribution in [0.2, 0.25) is 0 Å². The Labute approximate surface area is 156 Å². The van der Waals surface area contributed by atoms with Crippen LogP contribution in [0.15, 0.2) is 30.3 Å². The van der Waals surface area contributed by atoms with Crippen molar-refractivity contribution in [2.24, 2.45) is 7.05 Å². The van der Waals surface area contributed by atoms with E-state index in [-0.39, 0.29) is 5.91 Å². The van der Waals surface area contributed by atoms with E-state index in [4.69, 9.17) is 5.10 Å². The van der Waals surface area contributed by atoms with Crippen LogP contribution in [0.4, 0.5) is 0 Å². The van der Waals surface area contributed by atoms with Crippen molar-refractivity contribution in [1.82, 2.24) is 14.7 Å². The molecule has 4 nitrogen and oxygen atoms in total. The maximum absolute atomic E-state index is 13.1. The lowest BCUT2D eigenvalue weighted by molar-refractivity contribution is -0.134. The Bertz CT molecular complexity index is 759. The van der Waals surface area contributed by atoms with E-state index >= 15 is 0 Å². The minimum atomic E-state index is 0.290. The third kappa shape index (κ3) is 3.55. The van der Waals surface area contributed by atoms with Crippen molar-refractivity contribution < 1.29 is 4.79 Å². The summed E-state index contributed by atoms with van der Waals surface area (Å²) in [7, 11) is 2.05. The highest BCUT2D eigenvalue weighted by Crippen LogP contribution is 2.29. The van der Waals surface area contributed by atoms with Gasteiger partial charge < -0.3 is 4.90 Å². The van der Waals surface area contributed by atoms with Gasteiger partial charge in [0.15, 0.2) is 0 Å². The topological polar surface area (TPSA) is 38.1 Å². The third-order valence-electron chi connectivity index (χ3n) is 6.07. The minimum absolute atomic E-state index is 0.290. The third-order valence-corrected chi connectivity index (χ3v) is 6.07. The SMILES string of the molecule is Cn1nc(CN(C(=O)CCc2ccccc2)C2CCCC2)c2c1CCC2. The Morgan fingerprint density at radius 2 is 1.92 bits per heavy atom. The fourth-order valence-corrected chi connectivity index (χ4v) is 4.66. The molecule has 1 fully saturated rings. The standard InChI is InChI=1S/C22H29N3O/c1-24-21-13-7-12-19(21)20(23-24)16-25(18-10-5-6-11-18)22(26)15-14-17-8-3-2-4-9-17/h2-4,8-9,18H,5-7,10-16H2,1H3. The number of carbonyl (C=O) groups excluding carboxylic acids is 1. The van der Waals surface area contributed by atoms with Crippen LogP contribution in [0.5, 0.6) is 0 Å². The predicted molar refractivity (Wildman–Crippen MR) is 103 cm³/mol. The number of rotatable bonds is 6. The molecule has 0 spiro atoms. The molecular formula is C22H29N3O. The van der Waals surface area contributed by atoms with Crippen molar-refractivity contribution in [3.05, 3.63) is 52.8 Å². The van der Waals surface area contributed by atoms with Gasteiger partial charge >= 0.3 is 0 Å². The van der Waals surface area contributed by atoms with E-state index < -0.39 is 0 Å². The van der Waals surface area contributed by atoms with E-state index in [0.717, 1.165) is 37.8 Å². The summed E-state index contributed by atoms with van der Waals surface area (Å²) in [6, 6.07) is 10.7. The zero-order valence-corrected chi connectivity index (χ0v) is 15.8. The highest BCUT2D eigenvalue weighted by molar-refractivity contribution is 5.77. The summed E-state index contributed by atoms with van der Waals surface area (Å²) in [5.74, 6) is 0.290. The Morgan fingerprint density at radius 3 is 2.69 bits per heavy atom. The molecule has 0 unspecified atom stereocenters. The lowest BCUT2D eigenvalue weighted by Gasteiger charge is -2.29. The highest BCUT2D eigenvalue weighted by Gasteiger charge is 2.29. The van der Waals surface area contributed by atoms with Crippen molar-refractivity contribution in [1.29, 1.82) is 0 Å². The van der Waals surface area contributed by atoms with Crippen LogP contribution in [-0.2, 0) is 37.6 Å². The highest BCUT2D eigenvalue weighted by atomic mass is 16.2. The molecule has 1 aromatic heterocycles. The van der Waals surface area contributed by atoms with Gasteiger partial charge in [-0.2, -0.15) is 5.10 Å². The van der Waals surface area contributed by atoms with E-state index in [9.17, 15) is 4.79 Å². The molecule has 1 heterocycles. The van der Waals surface area contributed by atoms with Gasteiger partial charge in [0.1, 0.15) is 0 Å². The van der Waals surface area contributed by atoms with Crippen molar-refractivity contribution in [2.45, 2.75) is 70.4 Å². The molecule has 1 saturated carbocycles. The number of aromatic nitrogens is 2. The monoisotopic (exact) mass is 351 g/mol. The molecule has 1 aromatic carbocycles. The molecule has 0 N–H and O–H groups in total. The van der Waals surface area contributed by atoms with Crippen molar-refractivity contribution >= 4 is 5.91 Å². The number of benzene rings is 1. The van der Waals surface area contributed by atoms with Crippen LogP contribution in [0, 0.1) is 0 Å². The Morgan fingerprint density at radius 1 is 1.15 bits per heavy atom. The average molecular weight is 351 g/mol. The van der Waals surface area contributed by atoms with Gasteiger partial charge in [0, 0.05) is 25.2 Å². The first-order valence-corrected chi connectivity index (χ1v) is 10.1. The Hall–Kier alpha value is -2.10. The van der Waals surface area contributed by atoms with Crippen LogP contribution >= 0.6 is 0 Å². The molecule has 138 valence electrons. The summed E-state index contributed by atoms with van der Waals surface area (Å²) >= 11 is 0. The molecule has 0 atom stereocenters. The van der Waals surface area contributed by atoms with Crippen molar-refractivity contribution in [2.75, 3.05) is 0 Å². The van der Waals surface area contributed by atoms with Gasteiger partial charge in [0.25, 0.3) is 0 Å². The van der Waals surface area contributed by atoms with Crippen molar-refractivity contribution in [3.63, 3.8) is 0 Å². The van der Waals surface area contributed by atoms with Crippen LogP contribution in [-0.4, -0.2) is 26.6 Å². The van der Waals surface area contributed by atoms with Crippen LogP contribution < -0.4 is 0 Å². The molecule has 2 aliphatic carbocycles. The molecule has 0 aliphatic heterocycles. The molecule has 26 heavy (non-hydrogen) atoms. The smallest absolute Gasteiger partial charge is 0.223 e. The van der Waals surface area contributed by atoms with Gasteiger partial charge in [-0.15, -0.1) is 0 Å². The fourth-order valence-electron chi connectivity index (χ4n) is 4.66. The predicted octanol–water partition coefficient (Wildman–Crippen LogP) is 3.81. The molecule has 2 aromatic rings. The summed E-state index contributed by atoms with van der Waals surface area (Å²) < 4.78 is 2.04. The number of fused-ring (bicyclic) bond motifs is 1. The van der Waals surface area contributed by atoms with Gasteiger partial charge in [0.05, 0.1) is 12.2 Å². The molecular weight excluding hydrogens is 322 g/mol. The van der Waals surface area contributed by atoms with Gasteiger partial charge in [-0.25, -0.2) is 0 Å². The van der Waals surface area contributed by atoms with Crippen LogP contribution in [0.3, 0.4) is 0 Å². The zero-order chi connectivity index (χ0) is 17.9. The summed E-state index contributed by atoms with van der Waals surface area (Å²) in [5, 5.41) is 4.77. The average Bonchev–Trinajstić information content (AvgIpc) is 3.39. The largest absolute Gasteiger partial charge is 0.334 e. The lowest BCUT2D eigenvalue weighted by atomic mass is 10.1. The maximum Gasteiger partial charge on any atom is 0.223 e. The molecule has 1 amide bonds. The number of carbonyl (C=O) groups is 1. The minimum Gasteiger partial charge on any atom is -0.334 e. The van der Waals surface area contributed by atoms with E-state index in [0.29, 0.717) is 19.0 Å².